The molecule has 3 nitrogen and oxygen atoms in total. The van der Waals surface area contributed by atoms with Gasteiger partial charge in [0.15, 0.2) is 0 Å². The molecule has 0 aliphatic rings. The van der Waals surface area contributed by atoms with Crippen molar-refractivity contribution in [1.29, 1.82) is 5.26 Å². The molecular formula is C15H11Br2NO2. The largest absolute Gasteiger partial charge is 0.496 e. The first-order valence-corrected chi connectivity index (χ1v) is 7.35. The molecule has 0 radical (unpaired) electrons. The van der Waals surface area contributed by atoms with Crippen molar-refractivity contribution in [2.24, 2.45) is 0 Å². The predicted molar refractivity (Wildman–Crippen MR) is 84.4 cm³/mol. The van der Waals surface area contributed by atoms with Gasteiger partial charge in [-0.05, 0) is 74.7 Å². The highest BCUT2D eigenvalue weighted by molar-refractivity contribution is 9.11. The molecule has 2 rings (SSSR count). The molecule has 0 saturated heterocycles. The van der Waals surface area contributed by atoms with E-state index in [0.29, 0.717) is 17.1 Å². The van der Waals surface area contributed by atoms with Crippen molar-refractivity contribution < 1.29 is 9.47 Å². The Morgan fingerprint density at radius 3 is 2.30 bits per heavy atom. The lowest BCUT2D eigenvalue weighted by Crippen LogP contribution is -1.90. The van der Waals surface area contributed by atoms with Gasteiger partial charge in [-0.1, -0.05) is 0 Å². The molecule has 20 heavy (non-hydrogen) atoms. The zero-order valence-corrected chi connectivity index (χ0v) is 14.1. The Labute approximate surface area is 134 Å². The highest BCUT2D eigenvalue weighted by Crippen LogP contribution is 2.38. The highest BCUT2D eigenvalue weighted by atomic mass is 79.9. The van der Waals surface area contributed by atoms with Crippen molar-refractivity contribution in [3.8, 4) is 23.3 Å². The van der Waals surface area contributed by atoms with Crippen LogP contribution in [0.5, 0.6) is 17.2 Å². The third-order valence-corrected chi connectivity index (χ3v) is 3.99. The minimum Gasteiger partial charge on any atom is -0.496 e. The average molecular weight is 397 g/mol. The second kappa shape index (κ2) is 6.29. The number of nitrogens with zero attached hydrogens (tertiary/aromatic N) is 1. The molecule has 2 aromatic carbocycles. The van der Waals surface area contributed by atoms with Gasteiger partial charge in [0.25, 0.3) is 0 Å². The molecule has 0 fully saturated rings. The second-order valence-corrected chi connectivity index (χ2v) is 5.82. The van der Waals surface area contributed by atoms with Gasteiger partial charge in [-0.2, -0.15) is 5.26 Å². The maximum Gasteiger partial charge on any atom is 0.143 e. The van der Waals surface area contributed by atoms with E-state index in [1.165, 1.54) is 0 Å². The lowest BCUT2D eigenvalue weighted by atomic mass is 10.1. The summed E-state index contributed by atoms with van der Waals surface area (Å²) in [7, 11) is 1.61. The third kappa shape index (κ3) is 3.14. The molecule has 0 N–H and O–H groups in total. The van der Waals surface area contributed by atoms with Gasteiger partial charge in [0, 0.05) is 0 Å². The number of rotatable bonds is 3. The summed E-state index contributed by atoms with van der Waals surface area (Å²) < 4.78 is 12.6. The third-order valence-electron chi connectivity index (χ3n) is 2.75. The van der Waals surface area contributed by atoms with E-state index in [-0.39, 0.29) is 0 Å². The molecule has 0 amide bonds. The number of nitriles is 1. The fraction of sp³-hybridized carbons (Fsp3) is 0.133. The zero-order chi connectivity index (χ0) is 14.7. The van der Waals surface area contributed by atoms with Crippen molar-refractivity contribution >= 4 is 31.9 Å². The monoisotopic (exact) mass is 395 g/mol. The lowest BCUT2D eigenvalue weighted by Gasteiger charge is -2.11. The minimum atomic E-state index is 0.646. The van der Waals surface area contributed by atoms with E-state index < -0.39 is 0 Å². The van der Waals surface area contributed by atoms with E-state index in [4.69, 9.17) is 14.7 Å². The van der Waals surface area contributed by atoms with Gasteiger partial charge in [-0.3, -0.25) is 0 Å². The summed E-state index contributed by atoms with van der Waals surface area (Å²) in [5, 5.41) is 8.92. The number of hydrogen-bond donors (Lipinski definition) is 0. The van der Waals surface area contributed by atoms with Crippen LogP contribution in [0.15, 0.2) is 39.3 Å². The molecule has 0 unspecified atom stereocenters. The van der Waals surface area contributed by atoms with Crippen LogP contribution < -0.4 is 9.47 Å². The molecule has 102 valence electrons. The van der Waals surface area contributed by atoms with Gasteiger partial charge < -0.3 is 9.47 Å². The Morgan fingerprint density at radius 1 is 1.05 bits per heavy atom. The van der Waals surface area contributed by atoms with Crippen molar-refractivity contribution in [3.05, 3.63) is 50.4 Å². The van der Waals surface area contributed by atoms with Crippen molar-refractivity contribution in [1.82, 2.24) is 0 Å². The van der Waals surface area contributed by atoms with Gasteiger partial charge in [0.1, 0.15) is 17.2 Å². The number of benzene rings is 2. The number of halogens is 2. The maximum atomic E-state index is 8.92. The van der Waals surface area contributed by atoms with E-state index in [2.05, 4.69) is 37.9 Å². The van der Waals surface area contributed by atoms with E-state index >= 15 is 0 Å². The fourth-order valence-corrected chi connectivity index (χ4v) is 2.58. The molecule has 5 heteroatoms. The molecule has 0 spiro atoms. The normalized spacial score (nSPS) is 9.95. The molecule has 0 bridgehead atoms. The van der Waals surface area contributed by atoms with Crippen molar-refractivity contribution in [3.63, 3.8) is 0 Å². The first kappa shape index (κ1) is 14.9. The van der Waals surface area contributed by atoms with Crippen LogP contribution in [0, 0.1) is 18.3 Å². The van der Waals surface area contributed by atoms with Crippen LogP contribution >= 0.6 is 31.9 Å². The van der Waals surface area contributed by atoms with Gasteiger partial charge in [0.05, 0.1) is 27.7 Å². The first-order valence-electron chi connectivity index (χ1n) is 5.76. The Bertz CT molecular complexity index is 693. The smallest absolute Gasteiger partial charge is 0.143 e. The second-order valence-electron chi connectivity index (χ2n) is 4.11. The summed E-state index contributed by atoms with van der Waals surface area (Å²) in [6.07, 6.45) is 0. The Morgan fingerprint density at radius 2 is 1.70 bits per heavy atom. The summed E-state index contributed by atoms with van der Waals surface area (Å²) >= 11 is 6.87. The summed E-state index contributed by atoms with van der Waals surface area (Å²) in [5.74, 6) is 2.07. The van der Waals surface area contributed by atoms with Crippen LogP contribution in [0.25, 0.3) is 0 Å². The topological polar surface area (TPSA) is 42.2 Å². The first-order chi connectivity index (χ1) is 9.55. The van der Waals surface area contributed by atoms with Gasteiger partial charge in [0.2, 0.25) is 0 Å². The van der Waals surface area contributed by atoms with Crippen LogP contribution in [-0.4, -0.2) is 7.11 Å². The Hall–Kier alpha value is -1.51. The fourth-order valence-electron chi connectivity index (χ4n) is 1.70. The summed E-state index contributed by atoms with van der Waals surface area (Å²) in [4.78, 5) is 0. The van der Waals surface area contributed by atoms with Crippen LogP contribution in [0.2, 0.25) is 0 Å². The number of aryl methyl sites for hydroxylation is 1. The molecule has 0 atom stereocenters. The van der Waals surface area contributed by atoms with E-state index in [9.17, 15) is 0 Å². The minimum absolute atomic E-state index is 0.646. The van der Waals surface area contributed by atoms with E-state index in [1.807, 2.05) is 25.1 Å². The number of methoxy groups -OCH3 is 1. The predicted octanol–water partition coefficient (Wildman–Crippen LogP) is 5.19. The van der Waals surface area contributed by atoms with Gasteiger partial charge in [-0.25, -0.2) is 0 Å². The molecular weight excluding hydrogens is 386 g/mol. The van der Waals surface area contributed by atoms with Crippen molar-refractivity contribution in [2.45, 2.75) is 6.92 Å². The SMILES string of the molecule is COc1cc(Br)c(Oc2ccc(C#N)c(C)c2)cc1Br. The number of ether oxygens (including phenoxy) is 2. The molecule has 0 aromatic heterocycles. The highest BCUT2D eigenvalue weighted by Gasteiger charge is 2.10. The molecule has 2 aromatic rings. The summed E-state index contributed by atoms with van der Waals surface area (Å²) in [6.45, 7) is 1.88. The van der Waals surface area contributed by atoms with Crippen LogP contribution in [0.3, 0.4) is 0 Å². The van der Waals surface area contributed by atoms with Crippen molar-refractivity contribution in [2.75, 3.05) is 7.11 Å². The zero-order valence-electron chi connectivity index (χ0n) is 10.9. The molecule has 0 aliphatic carbocycles. The van der Waals surface area contributed by atoms with Crippen LogP contribution in [0.4, 0.5) is 0 Å². The average Bonchev–Trinajstić information content (AvgIpc) is 2.42. The molecule has 0 saturated carbocycles. The molecule has 0 aliphatic heterocycles. The van der Waals surface area contributed by atoms with Gasteiger partial charge in [-0.15, -0.1) is 0 Å². The summed E-state index contributed by atoms with van der Waals surface area (Å²) in [6, 6.07) is 11.1. The summed E-state index contributed by atoms with van der Waals surface area (Å²) in [5.41, 5.74) is 1.53. The Kier molecular flexibility index (Phi) is 4.69. The standard InChI is InChI=1S/C15H11Br2NO2/c1-9-5-11(4-3-10(9)8-18)20-15-7-12(16)14(19-2)6-13(15)17/h3-7H,1-2H3. The number of hydrogen-bond acceptors (Lipinski definition) is 3. The van der Waals surface area contributed by atoms with Crippen LogP contribution in [0.1, 0.15) is 11.1 Å². The van der Waals surface area contributed by atoms with E-state index in [1.54, 1.807) is 19.2 Å². The van der Waals surface area contributed by atoms with Crippen LogP contribution in [-0.2, 0) is 0 Å². The van der Waals surface area contributed by atoms with Gasteiger partial charge >= 0.3 is 0 Å². The van der Waals surface area contributed by atoms with E-state index in [0.717, 1.165) is 20.3 Å². The maximum absolute atomic E-state index is 8.92. The quantitative estimate of drug-likeness (QED) is 0.716. The lowest BCUT2D eigenvalue weighted by molar-refractivity contribution is 0.409. The molecule has 0 heterocycles. The Balaban J connectivity index is 2.33.